The molecule has 2 saturated carbocycles. The van der Waals surface area contributed by atoms with Crippen LogP contribution in [0.3, 0.4) is 0 Å². The summed E-state index contributed by atoms with van der Waals surface area (Å²) < 4.78 is 0. The number of oxime groups is 1. The molecule has 0 saturated heterocycles. The molecule has 1 atom stereocenters. The summed E-state index contributed by atoms with van der Waals surface area (Å²) in [5.74, 6) is 0.512. The number of amides is 1. The molecule has 0 spiro atoms. The van der Waals surface area contributed by atoms with Crippen molar-refractivity contribution in [1.29, 1.82) is 0 Å². The van der Waals surface area contributed by atoms with E-state index < -0.39 is 0 Å². The molecule has 2 aliphatic rings. The van der Waals surface area contributed by atoms with Gasteiger partial charge in [-0.15, -0.1) is 0 Å². The molecule has 5 nitrogen and oxygen atoms in total. The smallest absolute Gasteiger partial charge is 0.226 e. The SMILES string of the molecule is CC1(C(=O)NC(C(N)=NO)C2CCCCC2)CCCC1. The monoisotopic (exact) mass is 281 g/mol. The molecular formula is C15H27N3O2. The van der Waals surface area contributed by atoms with Gasteiger partial charge in [0.2, 0.25) is 5.91 Å². The van der Waals surface area contributed by atoms with E-state index >= 15 is 0 Å². The van der Waals surface area contributed by atoms with Gasteiger partial charge in [-0.05, 0) is 31.6 Å². The fourth-order valence-corrected chi connectivity index (χ4v) is 3.66. The predicted octanol–water partition coefficient (Wildman–Crippen LogP) is 2.38. The lowest BCUT2D eigenvalue weighted by molar-refractivity contribution is -0.130. The Morgan fingerprint density at radius 2 is 1.85 bits per heavy atom. The highest BCUT2D eigenvalue weighted by Gasteiger charge is 2.39. The van der Waals surface area contributed by atoms with Crippen molar-refractivity contribution in [3.05, 3.63) is 0 Å². The van der Waals surface area contributed by atoms with E-state index in [0.29, 0.717) is 5.92 Å². The zero-order valence-electron chi connectivity index (χ0n) is 12.4. The van der Waals surface area contributed by atoms with Crippen LogP contribution in [0.25, 0.3) is 0 Å². The maximum Gasteiger partial charge on any atom is 0.226 e. The Bertz CT molecular complexity index is 369. The molecule has 4 N–H and O–H groups in total. The van der Waals surface area contributed by atoms with Crippen LogP contribution >= 0.6 is 0 Å². The second kappa shape index (κ2) is 6.46. The summed E-state index contributed by atoms with van der Waals surface area (Å²) in [4.78, 5) is 12.5. The first-order chi connectivity index (χ1) is 9.57. The fourth-order valence-electron chi connectivity index (χ4n) is 3.66. The highest BCUT2D eigenvalue weighted by atomic mass is 16.4. The van der Waals surface area contributed by atoms with Gasteiger partial charge in [0, 0.05) is 5.41 Å². The van der Waals surface area contributed by atoms with Crippen molar-refractivity contribution < 1.29 is 10.0 Å². The standard InChI is InChI=1S/C15H27N3O2/c1-15(9-5-6-10-15)14(19)17-12(13(16)18-20)11-7-3-2-4-8-11/h11-12,20H,2-10H2,1H3,(H2,16,18)(H,17,19). The average Bonchev–Trinajstić information content (AvgIpc) is 2.93. The van der Waals surface area contributed by atoms with Gasteiger partial charge in [-0.25, -0.2) is 0 Å². The quantitative estimate of drug-likeness (QED) is 0.320. The van der Waals surface area contributed by atoms with Crippen LogP contribution in [-0.4, -0.2) is 23.0 Å². The van der Waals surface area contributed by atoms with E-state index in [4.69, 9.17) is 10.9 Å². The molecule has 0 aromatic carbocycles. The van der Waals surface area contributed by atoms with Gasteiger partial charge in [0.05, 0.1) is 6.04 Å². The summed E-state index contributed by atoms with van der Waals surface area (Å²) in [7, 11) is 0. The molecule has 0 aromatic heterocycles. The van der Waals surface area contributed by atoms with Crippen LogP contribution in [0.5, 0.6) is 0 Å². The third-order valence-corrected chi connectivity index (χ3v) is 5.10. The van der Waals surface area contributed by atoms with Crippen LogP contribution in [0.1, 0.15) is 64.7 Å². The van der Waals surface area contributed by atoms with Gasteiger partial charge in [-0.3, -0.25) is 4.79 Å². The average molecular weight is 281 g/mol. The first-order valence-corrected chi connectivity index (χ1v) is 7.85. The molecular weight excluding hydrogens is 254 g/mol. The maximum absolute atomic E-state index is 12.5. The van der Waals surface area contributed by atoms with Gasteiger partial charge in [0.1, 0.15) is 0 Å². The number of carbonyl (C=O) groups excluding carboxylic acids is 1. The predicted molar refractivity (Wildman–Crippen MR) is 78.5 cm³/mol. The third-order valence-electron chi connectivity index (χ3n) is 5.10. The number of hydrogen-bond acceptors (Lipinski definition) is 3. The van der Waals surface area contributed by atoms with Crippen LogP contribution < -0.4 is 11.1 Å². The van der Waals surface area contributed by atoms with E-state index in [2.05, 4.69) is 10.5 Å². The van der Waals surface area contributed by atoms with E-state index in [0.717, 1.165) is 51.4 Å². The van der Waals surface area contributed by atoms with Gasteiger partial charge in [0.25, 0.3) is 0 Å². The molecule has 2 rings (SSSR count). The summed E-state index contributed by atoms with van der Waals surface area (Å²) in [5.41, 5.74) is 5.55. The molecule has 2 aliphatic carbocycles. The summed E-state index contributed by atoms with van der Waals surface area (Å²) in [6.07, 6.45) is 9.74. The first kappa shape index (κ1) is 15.1. The number of rotatable bonds is 4. The van der Waals surface area contributed by atoms with Crippen molar-refractivity contribution in [1.82, 2.24) is 5.32 Å². The molecule has 0 aromatic rings. The third kappa shape index (κ3) is 3.25. The number of nitrogens with one attached hydrogen (secondary N) is 1. The van der Waals surface area contributed by atoms with E-state index in [-0.39, 0.29) is 23.2 Å². The zero-order chi connectivity index (χ0) is 14.6. The minimum atomic E-state index is -0.315. The van der Waals surface area contributed by atoms with E-state index in [1.54, 1.807) is 0 Å². The number of nitrogens with two attached hydrogens (primary N) is 1. The van der Waals surface area contributed by atoms with Crippen molar-refractivity contribution in [2.75, 3.05) is 0 Å². The minimum Gasteiger partial charge on any atom is -0.409 e. The normalized spacial score (nSPS) is 25.4. The molecule has 0 radical (unpaired) electrons. The topological polar surface area (TPSA) is 87.7 Å². The summed E-state index contributed by atoms with van der Waals surface area (Å²) in [5, 5.41) is 15.2. The molecule has 20 heavy (non-hydrogen) atoms. The lowest BCUT2D eigenvalue weighted by Gasteiger charge is -2.33. The summed E-state index contributed by atoms with van der Waals surface area (Å²) in [6, 6.07) is -0.315. The highest BCUT2D eigenvalue weighted by Crippen LogP contribution is 2.38. The summed E-state index contributed by atoms with van der Waals surface area (Å²) in [6.45, 7) is 2.03. The van der Waals surface area contributed by atoms with Crippen molar-refractivity contribution in [2.45, 2.75) is 70.8 Å². The second-order valence-corrected chi connectivity index (χ2v) is 6.64. The number of amidine groups is 1. The highest BCUT2D eigenvalue weighted by molar-refractivity contribution is 5.92. The van der Waals surface area contributed by atoms with Gasteiger partial charge in [0.15, 0.2) is 5.84 Å². The van der Waals surface area contributed by atoms with Crippen LogP contribution in [0, 0.1) is 11.3 Å². The maximum atomic E-state index is 12.5. The van der Waals surface area contributed by atoms with Gasteiger partial charge < -0.3 is 16.3 Å². The van der Waals surface area contributed by atoms with Crippen molar-refractivity contribution >= 4 is 11.7 Å². The molecule has 2 fully saturated rings. The Morgan fingerprint density at radius 1 is 1.25 bits per heavy atom. The van der Waals surface area contributed by atoms with Gasteiger partial charge >= 0.3 is 0 Å². The number of carbonyl (C=O) groups is 1. The minimum absolute atomic E-state index is 0.0668. The molecule has 0 aliphatic heterocycles. The van der Waals surface area contributed by atoms with Crippen molar-refractivity contribution in [2.24, 2.45) is 22.2 Å². The molecule has 1 unspecified atom stereocenters. The Kier molecular flexibility index (Phi) is 4.89. The van der Waals surface area contributed by atoms with Crippen molar-refractivity contribution in [3.8, 4) is 0 Å². The second-order valence-electron chi connectivity index (χ2n) is 6.64. The zero-order valence-corrected chi connectivity index (χ0v) is 12.4. The Labute approximate surface area is 121 Å². The molecule has 114 valence electrons. The van der Waals surface area contributed by atoms with Crippen LogP contribution in [0.4, 0.5) is 0 Å². The van der Waals surface area contributed by atoms with Crippen LogP contribution in [0.15, 0.2) is 5.16 Å². The Morgan fingerprint density at radius 3 is 2.40 bits per heavy atom. The molecule has 0 bridgehead atoms. The van der Waals surface area contributed by atoms with E-state index in [9.17, 15) is 4.79 Å². The lowest BCUT2D eigenvalue weighted by atomic mass is 9.82. The van der Waals surface area contributed by atoms with E-state index in [1.807, 2.05) is 6.92 Å². The first-order valence-electron chi connectivity index (χ1n) is 7.85. The number of nitrogens with zero attached hydrogens (tertiary/aromatic N) is 1. The number of hydrogen-bond donors (Lipinski definition) is 3. The molecule has 5 heteroatoms. The summed E-state index contributed by atoms with van der Waals surface area (Å²) >= 11 is 0. The van der Waals surface area contributed by atoms with Crippen LogP contribution in [0.2, 0.25) is 0 Å². The van der Waals surface area contributed by atoms with Crippen molar-refractivity contribution in [3.63, 3.8) is 0 Å². The molecule has 1 amide bonds. The fraction of sp³-hybridized carbons (Fsp3) is 0.867. The van der Waals surface area contributed by atoms with Gasteiger partial charge in [-0.2, -0.15) is 0 Å². The van der Waals surface area contributed by atoms with Gasteiger partial charge in [-0.1, -0.05) is 44.2 Å². The molecule has 0 heterocycles. The van der Waals surface area contributed by atoms with Crippen LogP contribution in [-0.2, 0) is 4.79 Å². The lowest BCUT2D eigenvalue weighted by Crippen LogP contribution is -2.53. The Hall–Kier alpha value is -1.26. The largest absolute Gasteiger partial charge is 0.409 e. The van der Waals surface area contributed by atoms with E-state index in [1.165, 1.54) is 6.42 Å². The Balaban J connectivity index is 2.05.